The lowest BCUT2D eigenvalue weighted by atomic mass is 9.79. The third-order valence-corrected chi connectivity index (χ3v) is 5.47. The fourth-order valence-corrected chi connectivity index (χ4v) is 4.20. The molecule has 0 aromatic heterocycles. The average molecular weight is 373 g/mol. The first-order valence-electron chi connectivity index (χ1n) is 9.12. The van der Waals surface area contributed by atoms with Crippen molar-refractivity contribution in [3.05, 3.63) is 77.0 Å². The summed E-state index contributed by atoms with van der Waals surface area (Å²) >= 11 is 0. The molecule has 0 saturated carbocycles. The van der Waals surface area contributed by atoms with Gasteiger partial charge in [-0.2, -0.15) is 0 Å². The number of methoxy groups -OCH3 is 2. The highest BCUT2D eigenvalue weighted by molar-refractivity contribution is 6.01. The van der Waals surface area contributed by atoms with Gasteiger partial charge in [-0.05, 0) is 40.1 Å². The smallest absolute Gasteiger partial charge is 0.337 e. The SMILES string of the molecule is COc1ccc(C2C3=C(COC3=O)Nc3ccc4ccccc4c32)cc1OC. The Kier molecular flexibility index (Phi) is 3.76. The first-order chi connectivity index (χ1) is 13.7. The van der Waals surface area contributed by atoms with Gasteiger partial charge in [-0.1, -0.05) is 36.4 Å². The molecule has 2 aliphatic heterocycles. The van der Waals surface area contributed by atoms with Gasteiger partial charge in [0.05, 0.1) is 25.5 Å². The topological polar surface area (TPSA) is 56.8 Å². The Balaban J connectivity index is 1.80. The van der Waals surface area contributed by atoms with Crippen molar-refractivity contribution in [3.63, 3.8) is 0 Å². The van der Waals surface area contributed by atoms with E-state index in [0.717, 1.165) is 33.3 Å². The second kappa shape index (κ2) is 6.30. The number of anilines is 1. The van der Waals surface area contributed by atoms with Crippen LogP contribution in [0.2, 0.25) is 0 Å². The number of fused-ring (bicyclic) bond motifs is 3. The van der Waals surface area contributed by atoms with Crippen molar-refractivity contribution in [3.8, 4) is 11.5 Å². The van der Waals surface area contributed by atoms with Crippen molar-refractivity contribution >= 4 is 22.4 Å². The van der Waals surface area contributed by atoms with E-state index in [1.165, 1.54) is 0 Å². The monoisotopic (exact) mass is 373 g/mol. The minimum Gasteiger partial charge on any atom is -0.493 e. The molecular weight excluding hydrogens is 354 g/mol. The van der Waals surface area contributed by atoms with Crippen LogP contribution in [0.4, 0.5) is 5.69 Å². The molecule has 2 heterocycles. The summed E-state index contributed by atoms with van der Waals surface area (Å²) in [4.78, 5) is 12.6. The maximum atomic E-state index is 12.6. The fraction of sp³-hybridized carbons (Fsp3) is 0.174. The van der Waals surface area contributed by atoms with E-state index in [2.05, 4.69) is 29.6 Å². The lowest BCUT2D eigenvalue weighted by Gasteiger charge is -2.29. The van der Waals surface area contributed by atoms with Crippen LogP contribution in [0.15, 0.2) is 65.9 Å². The Labute approximate surface area is 162 Å². The molecule has 1 unspecified atom stereocenters. The Bertz CT molecular complexity index is 1150. The average Bonchev–Trinajstić information content (AvgIpc) is 3.11. The van der Waals surface area contributed by atoms with Gasteiger partial charge in [0.1, 0.15) is 6.61 Å². The summed E-state index contributed by atoms with van der Waals surface area (Å²) in [6, 6.07) is 18.2. The Morgan fingerprint density at radius 2 is 1.82 bits per heavy atom. The van der Waals surface area contributed by atoms with E-state index in [1.54, 1.807) is 14.2 Å². The predicted molar refractivity (Wildman–Crippen MR) is 107 cm³/mol. The van der Waals surface area contributed by atoms with E-state index in [0.29, 0.717) is 17.1 Å². The van der Waals surface area contributed by atoms with Gasteiger partial charge in [0.2, 0.25) is 0 Å². The summed E-state index contributed by atoms with van der Waals surface area (Å²) in [6.07, 6.45) is 0. The standard InChI is InChI=1S/C23H19NO4/c1-26-18-10-8-14(11-19(18)27-2)20-21-15-6-4-3-5-13(15)7-9-16(21)24-17-12-28-23(25)22(17)20/h3-11,20,24H,12H2,1-2H3. The number of benzene rings is 3. The molecular formula is C23H19NO4. The largest absolute Gasteiger partial charge is 0.493 e. The van der Waals surface area contributed by atoms with Crippen LogP contribution in [-0.4, -0.2) is 26.8 Å². The van der Waals surface area contributed by atoms with Gasteiger partial charge in [-0.15, -0.1) is 0 Å². The molecule has 1 atom stereocenters. The van der Waals surface area contributed by atoms with E-state index < -0.39 is 0 Å². The van der Waals surface area contributed by atoms with Gasteiger partial charge in [0, 0.05) is 11.6 Å². The molecule has 0 aliphatic carbocycles. The molecule has 5 heteroatoms. The number of carbonyl (C=O) groups is 1. The molecule has 5 rings (SSSR count). The highest BCUT2D eigenvalue weighted by Crippen LogP contribution is 2.48. The zero-order valence-corrected chi connectivity index (χ0v) is 15.6. The van der Waals surface area contributed by atoms with Crippen molar-refractivity contribution in [2.75, 3.05) is 26.1 Å². The molecule has 0 fully saturated rings. The molecule has 0 bridgehead atoms. The van der Waals surface area contributed by atoms with Crippen molar-refractivity contribution in [1.82, 2.24) is 0 Å². The fourth-order valence-electron chi connectivity index (χ4n) is 4.20. The van der Waals surface area contributed by atoms with Crippen molar-refractivity contribution in [2.45, 2.75) is 5.92 Å². The third kappa shape index (κ3) is 2.36. The molecule has 0 saturated heterocycles. The van der Waals surface area contributed by atoms with E-state index in [1.807, 2.05) is 30.3 Å². The zero-order valence-electron chi connectivity index (χ0n) is 15.6. The van der Waals surface area contributed by atoms with Crippen molar-refractivity contribution in [2.24, 2.45) is 0 Å². The molecule has 3 aromatic carbocycles. The number of hydrogen-bond acceptors (Lipinski definition) is 5. The third-order valence-electron chi connectivity index (χ3n) is 5.47. The Hall–Kier alpha value is -3.47. The van der Waals surface area contributed by atoms with Crippen LogP contribution in [-0.2, 0) is 9.53 Å². The number of rotatable bonds is 3. The molecule has 0 amide bonds. The van der Waals surface area contributed by atoms with E-state index in [-0.39, 0.29) is 18.5 Å². The van der Waals surface area contributed by atoms with E-state index in [4.69, 9.17) is 14.2 Å². The molecule has 28 heavy (non-hydrogen) atoms. The first kappa shape index (κ1) is 16.7. The zero-order chi connectivity index (χ0) is 19.3. The van der Waals surface area contributed by atoms with Crippen LogP contribution in [0.3, 0.4) is 0 Å². The van der Waals surface area contributed by atoms with Gasteiger partial charge in [0.25, 0.3) is 0 Å². The number of carbonyl (C=O) groups excluding carboxylic acids is 1. The van der Waals surface area contributed by atoms with E-state index in [9.17, 15) is 4.79 Å². The molecule has 140 valence electrons. The normalized spacial score (nSPS) is 17.6. The van der Waals surface area contributed by atoms with Gasteiger partial charge < -0.3 is 19.5 Å². The molecule has 0 radical (unpaired) electrons. The maximum absolute atomic E-state index is 12.6. The highest BCUT2D eigenvalue weighted by atomic mass is 16.5. The van der Waals surface area contributed by atoms with Gasteiger partial charge >= 0.3 is 5.97 Å². The van der Waals surface area contributed by atoms with Gasteiger partial charge in [-0.25, -0.2) is 4.79 Å². The van der Waals surface area contributed by atoms with Crippen LogP contribution in [0.25, 0.3) is 10.8 Å². The van der Waals surface area contributed by atoms with Gasteiger partial charge in [-0.3, -0.25) is 0 Å². The molecule has 5 nitrogen and oxygen atoms in total. The van der Waals surface area contributed by atoms with Crippen LogP contribution in [0.1, 0.15) is 17.0 Å². The summed E-state index contributed by atoms with van der Waals surface area (Å²) in [5.41, 5.74) is 4.52. The number of hydrogen-bond donors (Lipinski definition) is 1. The highest BCUT2D eigenvalue weighted by Gasteiger charge is 2.39. The van der Waals surface area contributed by atoms with Crippen molar-refractivity contribution < 1.29 is 19.0 Å². The lowest BCUT2D eigenvalue weighted by Crippen LogP contribution is -2.20. The van der Waals surface area contributed by atoms with Crippen LogP contribution in [0, 0.1) is 0 Å². The minimum atomic E-state index is -0.277. The number of esters is 1. The minimum absolute atomic E-state index is 0.243. The summed E-state index contributed by atoms with van der Waals surface area (Å²) in [7, 11) is 3.22. The van der Waals surface area contributed by atoms with Crippen LogP contribution >= 0.6 is 0 Å². The molecule has 2 aliphatic rings. The Morgan fingerprint density at radius 1 is 1.00 bits per heavy atom. The van der Waals surface area contributed by atoms with Crippen LogP contribution in [0.5, 0.6) is 11.5 Å². The number of cyclic esters (lactones) is 1. The number of nitrogens with one attached hydrogen (secondary N) is 1. The summed E-state index contributed by atoms with van der Waals surface area (Å²) in [6.45, 7) is 0.268. The Morgan fingerprint density at radius 3 is 2.64 bits per heavy atom. The number of ether oxygens (including phenoxy) is 3. The van der Waals surface area contributed by atoms with E-state index >= 15 is 0 Å². The van der Waals surface area contributed by atoms with Crippen LogP contribution < -0.4 is 14.8 Å². The van der Waals surface area contributed by atoms with Gasteiger partial charge in [0.15, 0.2) is 11.5 Å². The quantitative estimate of drug-likeness (QED) is 0.697. The molecule has 3 aromatic rings. The summed E-state index contributed by atoms with van der Waals surface area (Å²) < 4.78 is 16.3. The maximum Gasteiger partial charge on any atom is 0.337 e. The molecule has 1 N–H and O–H groups in total. The molecule has 0 spiro atoms. The lowest BCUT2D eigenvalue weighted by molar-refractivity contribution is -0.136. The van der Waals surface area contributed by atoms with Crippen molar-refractivity contribution in [1.29, 1.82) is 0 Å². The second-order valence-corrected chi connectivity index (χ2v) is 6.89. The predicted octanol–water partition coefficient (Wildman–Crippen LogP) is 4.23. The summed E-state index contributed by atoms with van der Waals surface area (Å²) in [5, 5.41) is 5.65. The second-order valence-electron chi connectivity index (χ2n) is 6.89. The first-order valence-corrected chi connectivity index (χ1v) is 9.12. The summed E-state index contributed by atoms with van der Waals surface area (Å²) in [5.74, 6) is 0.767.